The Kier molecular flexibility index (Phi) is 4.27. The van der Waals surface area contributed by atoms with Crippen molar-refractivity contribution in [2.45, 2.75) is 25.5 Å². The minimum atomic E-state index is -0.453. The monoisotopic (exact) mass is 332 g/mol. The van der Waals surface area contributed by atoms with Crippen LogP contribution >= 0.6 is 27.5 Å². The van der Waals surface area contributed by atoms with Gasteiger partial charge in [0.05, 0.1) is 17.8 Å². The number of nitrogens with one attached hydrogen (secondary N) is 2. The third-order valence-corrected chi connectivity index (χ3v) is 3.99. The second-order valence-electron chi connectivity index (χ2n) is 4.42. The standard InChI is InChI=1S/C12H14BrClN2O2/c1-6-2-8(13)10(4-9(6)14)16-12(18)11-3-7(17)5-15-11/h2,4,7,11,15,17H,3,5H2,1H3,(H,16,18). The number of aliphatic hydroxyl groups is 1. The number of rotatable bonds is 2. The molecule has 0 bridgehead atoms. The molecule has 2 atom stereocenters. The van der Waals surface area contributed by atoms with Gasteiger partial charge in [-0.1, -0.05) is 11.6 Å². The number of β-amino-alcohol motifs (C(OH)–C–C–N with tert-alkyl or cyclic N) is 1. The molecule has 3 N–H and O–H groups in total. The van der Waals surface area contributed by atoms with E-state index in [1.54, 1.807) is 6.07 Å². The summed E-state index contributed by atoms with van der Waals surface area (Å²) in [4.78, 5) is 12.0. The van der Waals surface area contributed by atoms with Crippen LogP contribution in [-0.2, 0) is 4.79 Å². The quantitative estimate of drug-likeness (QED) is 0.776. The molecule has 18 heavy (non-hydrogen) atoms. The largest absolute Gasteiger partial charge is 0.392 e. The zero-order valence-electron chi connectivity index (χ0n) is 9.84. The SMILES string of the molecule is Cc1cc(Br)c(NC(=O)C2CC(O)CN2)cc1Cl. The van der Waals surface area contributed by atoms with Gasteiger partial charge in [-0.25, -0.2) is 0 Å². The lowest BCUT2D eigenvalue weighted by Gasteiger charge is -2.13. The molecule has 0 aromatic heterocycles. The fourth-order valence-corrected chi connectivity index (χ4v) is 2.60. The Morgan fingerprint density at radius 1 is 1.61 bits per heavy atom. The molecule has 1 aromatic carbocycles. The molecule has 6 heteroatoms. The Morgan fingerprint density at radius 3 is 2.94 bits per heavy atom. The number of carbonyl (C=O) groups is 1. The number of hydrogen-bond donors (Lipinski definition) is 3. The molecule has 0 saturated carbocycles. The summed E-state index contributed by atoms with van der Waals surface area (Å²) in [5, 5.41) is 15.7. The number of amides is 1. The van der Waals surface area contributed by atoms with Crippen LogP contribution in [0.5, 0.6) is 0 Å². The summed E-state index contributed by atoms with van der Waals surface area (Å²) in [5.74, 6) is -0.160. The van der Waals surface area contributed by atoms with Crippen LogP contribution in [0.1, 0.15) is 12.0 Å². The molecule has 2 unspecified atom stereocenters. The summed E-state index contributed by atoms with van der Waals surface area (Å²) in [6.45, 7) is 2.35. The molecule has 98 valence electrons. The third-order valence-electron chi connectivity index (χ3n) is 2.93. The maximum absolute atomic E-state index is 12.0. The predicted octanol–water partition coefficient (Wildman–Crippen LogP) is 2.07. The predicted molar refractivity (Wildman–Crippen MR) is 74.9 cm³/mol. The molecule has 1 amide bonds. The first kappa shape index (κ1) is 13.8. The minimum absolute atomic E-state index is 0.160. The van der Waals surface area contributed by atoms with Crippen molar-refractivity contribution < 1.29 is 9.90 Å². The van der Waals surface area contributed by atoms with Crippen LogP contribution in [0.2, 0.25) is 5.02 Å². The van der Waals surface area contributed by atoms with Crippen molar-refractivity contribution in [2.75, 3.05) is 11.9 Å². The molecule has 0 aliphatic carbocycles. The van der Waals surface area contributed by atoms with E-state index in [2.05, 4.69) is 26.6 Å². The van der Waals surface area contributed by atoms with Gasteiger partial charge in [-0.2, -0.15) is 0 Å². The van der Waals surface area contributed by atoms with Crippen LogP contribution in [-0.4, -0.2) is 29.7 Å². The van der Waals surface area contributed by atoms with Gasteiger partial charge >= 0.3 is 0 Å². The van der Waals surface area contributed by atoms with Crippen molar-refractivity contribution in [3.63, 3.8) is 0 Å². The van der Waals surface area contributed by atoms with Crippen molar-refractivity contribution in [1.82, 2.24) is 5.32 Å². The lowest BCUT2D eigenvalue weighted by Crippen LogP contribution is -2.35. The average molecular weight is 334 g/mol. The number of hydrogen-bond acceptors (Lipinski definition) is 3. The second-order valence-corrected chi connectivity index (χ2v) is 5.68. The summed E-state index contributed by atoms with van der Waals surface area (Å²) in [6, 6.07) is 3.21. The molecule has 1 saturated heterocycles. The summed E-state index contributed by atoms with van der Waals surface area (Å²) in [6.07, 6.45) is -0.0194. The summed E-state index contributed by atoms with van der Waals surface area (Å²) < 4.78 is 0.788. The Hall–Kier alpha value is -0.620. The van der Waals surface area contributed by atoms with E-state index in [1.165, 1.54) is 0 Å². The Morgan fingerprint density at radius 2 is 2.33 bits per heavy atom. The van der Waals surface area contributed by atoms with E-state index in [0.29, 0.717) is 23.7 Å². The van der Waals surface area contributed by atoms with Gasteiger partial charge in [0, 0.05) is 16.0 Å². The van der Waals surface area contributed by atoms with Crippen LogP contribution in [0.4, 0.5) is 5.69 Å². The van der Waals surface area contributed by atoms with Gasteiger partial charge in [0.1, 0.15) is 0 Å². The van der Waals surface area contributed by atoms with E-state index in [4.69, 9.17) is 11.6 Å². The van der Waals surface area contributed by atoms with Gasteiger partial charge in [0.15, 0.2) is 0 Å². The van der Waals surface area contributed by atoms with Gasteiger partial charge in [-0.05, 0) is 47.0 Å². The molecular weight excluding hydrogens is 320 g/mol. The van der Waals surface area contributed by atoms with Crippen LogP contribution in [0, 0.1) is 6.92 Å². The lowest BCUT2D eigenvalue weighted by atomic mass is 10.2. The van der Waals surface area contributed by atoms with Crippen molar-refractivity contribution in [3.05, 3.63) is 27.2 Å². The highest BCUT2D eigenvalue weighted by Gasteiger charge is 2.28. The van der Waals surface area contributed by atoms with Crippen LogP contribution in [0.3, 0.4) is 0 Å². The zero-order chi connectivity index (χ0) is 13.3. The fourth-order valence-electron chi connectivity index (χ4n) is 1.88. The van der Waals surface area contributed by atoms with E-state index in [0.717, 1.165) is 10.0 Å². The van der Waals surface area contributed by atoms with Crippen molar-refractivity contribution in [2.24, 2.45) is 0 Å². The molecule has 1 fully saturated rings. The Balaban J connectivity index is 2.09. The minimum Gasteiger partial charge on any atom is -0.392 e. The molecular formula is C12H14BrClN2O2. The van der Waals surface area contributed by atoms with E-state index in [-0.39, 0.29) is 11.9 Å². The highest BCUT2D eigenvalue weighted by Crippen LogP contribution is 2.29. The molecule has 1 aromatic rings. The van der Waals surface area contributed by atoms with E-state index >= 15 is 0 Å². The van der Waals surface area contributed by atoms with Gasteiger partial charge in [-0.15, -0.1) is 0 Å². The number of anilines is 1. The summed E-state index contributed by atoms with van der Waals surface area (Å²) in [7, 11) is 0. The Labute approximate surface area is 119 Å². The first-order valence-electron chi connectivity index (χ1n) is 5.65. The van der Waals surface area contributed by atoms with Gasteiger partial charge in [-0.3, -0.25) is 4.79 Å². The van der Waals surface area contributed by atoms with Crippen molar-refractivity contribution in [3.8, 4) is 0 Å². The maximum Gasteiger partial charge on any atom is 0.241 e. The molecule has 0 spiro atoms. The highest BCUT2D eigenvalue weighted by molar-refractivity contribution is 9.10. The molecule has 1 aliphatic rings. The first-order valence-corrected chi connectivity index (χ1v) is 6.82. The molecule has 1 heterocycles. The van der Waals surface area contributed by atoms with Crippen molar-refractivity contribution in [1.29, 1.82) is 0 Å². The lowest BCUT2D eigenvalue weighted by molar-refractivity contribution is -0.117. The maximum atomic E-state index is 12.0. The van der Waals surface area contributed by atoms with Crippen LogP contribution in [0.25, 0.3) is 0 Å². The first-order chi connectivity index (χ1) is 8.47. The number of halogens is 2. The zero-order valence-corrected chi connectivity index (χ0v) is 12.2. The van der Waals surface area contributed by atoms with Crippen LogP contribution in [0.15, 0.2) is 16.6 Å². The Bertz CT molecular complexity index is 481. The van der Waals surface area contributed by atoms with Gasteiger partial charge in [0.25, 0.3) is 0 Å². The topological polar surface area (TPSA) is 61.4 Å². The number of aliphatic hydroxyl groups excluding tert-OH is 1. The van der Waals surface area contributed by atoms with E-state index < -0.39 is 6.10 Å². The molecule has 1 aliphatic heterocycles. The summed E-state index contributed by atoms with van der Waals surface area (Å²) in [5.41, 5.74) is 1.58. The smallest absolute Gasteiger partial charge is 0.241 e. The molecule has 4 nitrogen and oxygen atoms in total. The average Bonchev–Trinajstić information content (AvgIpc) is 2.73. The molecule has 0 radical (unpaired) electrons. The van der Waals surface area contributed by atoms with E-state index in [1.807, 2.05) is 13.0 Å². The van der Waals surface area contributed by atoms with Crippen LogP contribution < -0.4 is 10.6 Å². The fraction of sp³-hybridized carbons (Fsp3) is 0.417. The van der Waals surface area contributed by atoms with Gasteiger partial charge < -0.3 is 15.7 Å². The number of benzene rings is 1. The normalized spacial score (nSPS) is 23.1. The third kappa shape index (κ3) is 3.03. The van der Waals surface area contributed by atoms with Gasteiger partial charge in [0.2, 0.25) is 5.91 Å². The molecule has 2 rings (SSSR count). The van der Waals surface area contributed by atoms with E-state index in [9.17, 15) is 9.90 Å². The summed E-state index contributed by atoms with van der Waals surface area (Å²) >= 11 is 9.41. The number of aryl methyl sites for hydroxylation is 1. The van der Waals surface area contributed by atoms with Crippen molar-refractivity contribution >= 4 is 39.1 Å². The highest BCUT2D eigenvalue weighted by atomic mass is 79.9. The second kappa shape index (κ2) is 5.57. The number of carbonyl (C=O) groups excluding carboxylic acids is 1.